The van der Waals surface area contributed by atoms with Crippen LogP contribution in [-0.2, 0) is 9.59 Å². The van der Waals surface area contributed by atoms with Crippen molar-refractivity contribution < 1.29 is 14.4 Å². The summed E-state index contributed by atoms with van der Waals surface area (Å²) in [6.07, 6.45) is 1.60. The number of rotatable bonds is 1. The van der Waals surface area contributed by atoms with Crippen LogP contribution in [0.2, 0.25) is 0 Å². The highest BCUT2D eigenvalue weighted by molar-refractivity contribution is 5.89. The number of nitrogens with zero attached hydrogens (tertiary/aromatic N) is 3. The molecule has 0 aromatic heterocycles. The summed E-state index contributed by atoms with van der Waals surface area (Å²) < 4.78 is 0. The molecule has 0 bridgehead atoms. The minimum absolute atomic E-state index is 0.00592. The van der Waals surface area contributed by atoms with Crippen LogP contribution in [-0.4, -0.2) is 78.9 Å². The first kappa shape index (κ1) is 15.6. The highest BCUT2D eigenvalue weighted by atomic mass is 16.2. The zero-order valence-electron chi connectivity index (χ0n) is 13.0. The van der Waals surface area contributed by atoms with Gasteiger partial charge in [0, 0.05) is 40.3 Å². The quantitative estimate of drug-likeness (QED) is 0.724. The second kappa shape index (κ2) is 6.32. The molecule has 7 nitrogen and oxygen atoms in total. The number of amides is 4. The molecule has 0 aromatic rings. The molecular formula is C14H24N4O3. The summed E-state index contributed by atoms with van der Waals surface area (Å²) in [5.74, 6) is -0.309. The zero-order chi connectivity index (χ0) is 15.6. The maximum atomic E-state index is 12.6. The average molecular weight is 296 g/mol. The molecule has 2 atom stereocenters. The van der Waals surface area contributed by atoms with Crippen molar-refractivity contribution >= 4 is 17.8 Å². The Bertz CT molecular complexity index is 438. The van der Waals surface area contributed by atoms with Gasteiger partial charge in [0.15, 0.2) is 0 Å². The van der Waals surface area contributed by atoms with Crippen LogP contribution in [0.4, 0.5) is 4.79 Å². The van der Waals surface area contributed by atoms with Gasteiger partial charge in [-0.25, -0.2) is 4.79 Å². The predicted molar refractivity (Wildman–Crippen MR) is 77.6 cm³/mol. The van der Waals surface area contributed by atoms with Crippen LogP contribution in [0.15, 0.2) is 0 Å². The molecule has 21 heavy (non-hydrogen) atoms. The normalized spacial score (nSPS) is 26.3. The zero-order valence-corrected chi connectivity index (χ0v) is 13.0. The predicted octanol–water partition coefficient (Wildman–Crippen LogP) is -0.273. The molecule has 2 aliphatic rings. The van der Waals surface area contributed by atoms with Crippen LogP contribution in [0.5, 0.6) is 0 Å². The van der Waals surface area contributed by atoms with E-state index in [1.54, 1.807) is 30.8 Å². The molecule has 2 unspecified atom stereocenters. The second-order valence-corrected chi connectivity index (χ2v) is 5.96. The summed E-state index contributed by atoms with van der Waals surface area (Å²) >= 11 is 0. The molecule has 7 heteroatoms. The molecule has 2 heterocycles. The number of likely N-dealkylation sites (tertiary alicyclic amines) is 1. The Morgan fingerprint density at radius 3 is 2.67 bits per heavy atom. The van der Waals surface area contributed by atoms with Crippen molar-refractivity contribution in [2.24, 2.45) is 5.92 Å². The van der Waals surface area contributed by atoms with Crippen LogP contribution >= 0.6 is 0 Å². The van der Waals surface area contributed by atoms with E-state index in [9.17, 15) is 14.4 Å². The summed E-state index contributed by atoms with van der Waals surface area (Å²) in [5.41, 5.74) is 0. The van der Waals surface area contributed by atoms with Crippen molar-refractivity contribution in [3.05, 3.63) is 0 Å². The van der Waals surface area contributed by atoms with Crippen molar-refractivity contribution in [1.82, 2.24) is 20.0 Å². The van der Waals surface area contributed by atoms with E-state index >= 15 is 0 Å². The molecule has 0 aromatic carbocycles. The smallest absolute Gasteiger partial charge is 0.319 e. The molecule has 0 saturated carbocycles. The lowest BCUT2D eigenvalue weighted by atomic mass is 9.95. The van der Waals surface area contributed by atoms with Crippen molar-refractivity contribution in [1.29, 1.82) is 0 Å². The molecule has 2 fully saturated rings. The topological polar surface area (TPSA) is 73.0 Å². The van der Waals surface area contributed by atoms with Gasteiger partial charge in [-0.1, -0.05) is 0 Å². The monoisotopic (exact) mass is 296 g/mol. The van der Waals surface area contributed by atoms with E-state index in [4.69, 9.17) is 0 Å². The Labute approximate surface area is 125 Å². The van der Waals surface area contributed by atoms with Crippen molar-refractivity contribution in [3.8, 4) is 0 Å². The minimum Gasteiger partial charge on any atom is -0.353 e. The summed E-state index contributed by atoms with van der Waals surface area (Å²) in [5, 5.41) is 2.76. The summed E-state index contributed by atoms with van der Waals surface area (Å²) in [4.78, 5) is 41.2. The maximum Gasteiger partial charge on any atom is 0.319 e. The number of carbonyl (C=O) groups is 3. The second-order valence-electron chi connectivity index (χ2n) is 5.96. The Morgan fingerprint density at radius 1 is 1.29 bits per heavy atom. The van der Waals surface area contributed by atoms with Gasteiger partial charge in [0.25, 0.3) is 0 Å². The van der Waals surface area contributed by atoms with E-state index in [1.165, 1.54) is 4.90 Å². The molecular weight excluding hydrogens is 272 g/mol. The third kappa shape index (κ3) is 3.28. The molecule has 118 valence electrons. The van der Waals surface area contributed by atoms with Gasteiger partial charge in [-0.2, -0.15) is 0 Å². The first-order valence-corrected chi connectivity index (χ1v) is 7.46. The van der Waals surface area contributed by atoms with Crippen LogP contribution in [0, 0.1) is 5.92 Å². The Kier molecular flexibility index (Phi) is 4.69. The van der Waals surface area contributed by atoms with Crippen LogP contribution < -0.4 is 5.32 Å². The molecule has 1 N–H and O–H groups in total. The molecule has 0 radical (unpaired) electrons. The number of nitrogens with one attached hydrogen (secondary N) is 1. The van der Waals surface area contributed by atoms with Crippen LogP contribution in [0.1, 0.15) is 19.8 Å². The molecule has 2 aliphatic heterocycles. The van der Waals surface area contributed by atoms with Crippen LogP contribution in [0.3, 0.4) is 0 Å². The van der Waals surface area contributed by atoms with E-state index in [1.807, 2.05) is 0 Å². The maximum absolute atomic E-state index is 12.6. The van der Waals surface area contributed by atoms with Gasteiger partial charge in [0.2, 0.25) is 11.8 Å². The van der Waals surface area contributed by atoms with Gasteiger partial charge in [0.1, 0.15) is 6.04 Å². The van der Waals surface area contributed by atoms with Gasteiger partial charge in [-0.05, 0) is 19.8 Å². The van der Waals surface area contributed by atoms with Crippen molar-refractivity contribution in [2.75, 3.05) is 40.3 Å². The first-order chi connectivity index (χ1) is 9.91. The first-order valence-electron chi connectivity index (χ1n) is 7.46. The number of urea groups is 1. The van der Waals surface area contributed by atoms with Gasteiger partial charge in [-0.15, -0.1) is 0 Å². The fourth-order valence-electron chi connectivity index (χ4n) is 2.95. The average Bonchev–Trinajstić information content (AvgIpc) is 2.48. The van der Waals surface area contributed by atoms with Gasteiger partial charge < -0.3 is 20.0 Å². The fourth-order valence-corrected chi connectivity index (χ4v) is 2.95. The summed E-state index contributed by atoms with van der Waals surface area (Å²) in [7, 11) is 3.43. The number of carbonyl (C=O) groups excluding carboxylic acids is 3. The van der Waals surface area contributed by atoms with Crippen molar-refractivity contribution in [2.45, 2.75) is 25.8 Å². The highest BCUT2D eigenvalue weighted by Crippen LogP contribution is 2.21. The fraction of sp³-hybridized carbons (Fsp3) is 0.786. The number of hydrogen-bond donors (Lipinski definition) is 1. The molecule has 0 spiro atoms. The lowest BCUT2D eigenvalue weighted by molar-refractivity contribution is -0.146. The number of hydrogen-bond acceptors (Lipinski definition) is 3. The Morgan fingerprint density at radius 2 is 2.00 bits per heavy atom. The Balaban J connectivity index is 2.02. The highest BCUT2D eigenvalue weighted by Gasteiger charge is 2.36. The van der Waals surface area contributed by atoms with E-state index < -0.39 is 6.04 Å². The minimum atomic E-state index is -0.425. The lowest BCUT2D eigenvalue weighted by Gasteiger charge is -2.39. The lowest BCUT2D eigenvalue weighted by Crippen LogP contribution is -2.58. The van der Waals surface area contributed by atoms with E-state index in [0.717, 1.165) is 12.8 Å². The summed E-state index contributed by atoms with van der Waals surface area (Å²) in [6.45, 7) is 3.93. The van der Waals surface area contributed by atoms with E-state index in [-0.39, 0.29) is 23.8 Å². The molecule has 0 aliphatic carbocycles. The van der Waals surface area contributed by atoms with Gasteiger partial charge in [-0.3, -0.25) is 9.59 Å². The molecule has 2 saturated heterocycles. The standard InChI is InChI=1S/C14H24N4O3/c1-10-12(19)15-6-8-18(10)13(20)11-5-4-7-17(9-11)14(21)16(2)3/h10-11H,4-9H2,1-3H3,(H,15,19). The van der Waals surface area contributed by atoms with E-state index in [2.05, 4.69) is 5.32 Å². The number of piperidine rings is 1. The third-order valence-corrected chi connectivity index (χ3v) is 4.21. The van der Waals surface area contributed by atoms with Gasteiger partial charge in [0.05, 0.1) is 5.92 Å². The van der Waals surface area contributed by atoms with Gasteiger partial charge >= 0.3 is 6.03 Å². The third-order valence-electron chi connectivity index (χ3n) is 4.21. The summed E-state index contributed by atoms with van der Waals surface area (Å²) in [6, 6.07) is -0.483. The Hall–Kier alpha value is -1.79. The van der Waals surface area contributed by atoms with Crippen molar-refractivity contribution in [3.63, 3.8) is 0 Å². The molecule has 4 amide bonds. The van der Waals surface area contributed by atoms with Crippen LogP contribution in [0.25, 0.3) is 0 Å². The largest absolute Gasteiger partial charge is 0.353 e. The molecule has 2 rings (SSSR count). The number of piperazine rings is 1. The SMILES string of the molecule is CC1C(=O)NCCN1C(=O)C1CCCN(C(=O)N(C)C)C1. The van der Waals surface area contributed by atoms with E-state index in [0.29, 0.717) is 26.2 Å².